The molecule has 5 nitrogen and oxygen atoms in total. The molecule has 2 rings (SSSR count). The van der Waals surface area contributed by atoms with Crippen molar-refractivity contribution < 1.29 is 9.47 Å². The van der Waals surface area contributed by atoms with Crippen LogP contribution in [0.1, 0.15) is 26.6 Å². The van der Waals surface area contributed by atoms with Crippen LogP contribution in [0.5, 0.6) is 0 Å². The largest absolute Gasteiger partial charge is 0.377 e. The fourth-order valence-electron chi connectivity index (χ4n) is 2.29. The quantitative estimate of drug-likeness (QED) is 0.801. The van der Waals surface area contributed by atoms with Gasteiger partial charge in [-0.25, -0.2) is 9.97 Å². The monoisotopic (exact) mass is 299 g/mol. The molecule has 112 valence electrons. The normalized spacial score (nSPS) is 23.4. The zero-order chi connectivity index (χ0) is 14.9. The van der Waals surface area contributed by atoms with Crippen molar-refractivity contribution in [1.82, 2.24) is 9.97 Å². The van der Waals surface area contributed by atoms with Crippen molar-refractivity contribution in [3.05, 3.63) is 17.0 Å². The standard InChI is InChI=1S/C14H22ClN3O2/c1-14(2,3)13-16-11(15)6-12(17-13)18-7-9(19-4)10(8-18)20-5/h6,9-10H,7-8H2,1-5H3. The summed E-state index contributed by atoms with van der Waals surface area (Å²) < 4.78 is 10.9. The molecule has 2 unspecified atom stereocenters. The molecule has 1 fully saturated rings. The van der Waals surface area contributed by atoms with E-state index in [9.17, 15) is 0 Å². The van der Waals surface area contributed by atoms with Crippen molar-refractivity contribution in [2.75, 3.05) is 32.2 Å². The molecule has 20 heavy (non-hydrogen) atoms. The number of hydrogen-bond acceptors (Lipinski definition) is 5. The Morgan fingerprint density at radius 2 is 1.70 bits per heavy atom. The number of methoxy groups -OCH3 is 2. The highest BCUT2D eigenvalue weighted by Crippen LogP contribution is 2.27. The van der Waals surface area contributed by atoms with Gasteiger partial charge in [0.15, 0.2) is 0 Å². The van der Waals surface area contributed by atoms with Crippen molar-refractivity contribution in [3.8, 4) is 0 Å². The average Bonchev–Trinajstić information content (AvgIpc) is 2.80. The van der Waals surface area contributed by atoms with Crippen LogP contribution >= 0.6 is 11.6 Å². The van der Waals surface area contributed by atoms with Gasteiger partial charge in [0.25, 0.3) is 0 Å². The van der Waals surface area contributed by atoms with Crippen molar-refractivity contribution in [2.24, 2.45) is 0 Å². The first kappa shape index (κ1) is 15.5. The van der Waals surface area contributed by atoms with Crippen LogP contribution in [-0.2, 0) is 14.9 Å². The minimum absolute atomic E-state index is 0.0480. The fourth-order valence-corrected chi connectivity index (χ4v) is 2.46. The van der Waals surface area contributed by atoms with Crippen LogP contribution in [0.3, 0.4) is 0 Å². The van der Waals surface area contributed by atoms with Gasteiger partial charge >= 0.3 is 0 Å². The molecular formula is C14H22ClN3O2. The van der Waals surface area contributed by atoms with E-state index in [0.29, 0.717) is 5.15 Å². The van der Waals surface area contributed by atoms with Gasteiger partial charge in [0.1, 0.15) is 29.0 Å². The van der Waals surface area contributed by atoms with Gasteiger partial charge in [0, 0.05) is 38.8 Å². The molecule has 0 spiro atoms. The lowest BCUT2D eigenvalue weighted by molar-refractivity contribution is -0.00461. The number of nitrogens with zero attached hydrogens (tertiary/aromatic N) is 3. The number of aromatic nitrogens is 2. The summed E-state index contributed by atoms with van der Waals surface area (Å²) in [5.74, 6) is 1.58. The lowest BCUT2D eigenvalue weighted by Gasteiger charge is -2.22. The van der Waals surface area contributed by atoms with Crippen molar-refractivity contribution in [3.63, 3.8) is 0 Å². The van der Waals surface area contributed by atoms with Crippen LogP contribution in [-0.4, -0.2) is 49.5 Å². The Morgan fingerprint density at radius 3 is 2.15 bits per heavy atom. The number of rotatable bonds is 3. The summed E-state index contributed by atoms with van der Waals surface area (Å²) in [6, 6.07) is 1.79. The van der Waals surface area contributed by atoms with Gasteiger partial charge in [-0.3, -0.25) is 0 Å². The summed E-state index contributed by atoms with van der Waals surface area (Å²) in [6.45, 7) is 7.70. The Labute approximate surface area is 125 Å². The van der Waals surface area contributed by atoms with E-state index in [1.54, 1.807) is 20.3 Å². The summed E-state index contributed by atoms with van der Waals surface area (Å²) in [7, 11) is 3.40. The zero-order valence-electron chi connectivity index (χ0n) is 12.7. The summed E-state index contributed by atoms with van der Waals surface area (Å²) in [5, 5.41) is 0.467. The molecule has 1 aromatic heterocycles. The molecule has 2 atom stereocenters. The average molecular weight is 300 g/mol. The third-order valence-corrected chi connectivity index (χ3v) is 3.69. The van der Waals surface area contributed by atoms with E-state index in [4.69, 9.17) is 21.1 Å². The lowest BCUT2D eigenvalue weighted by Crippen LogP contribution is -2.27. The first-order valence-corrected chi connectivity index (χ1v) is 7.08. The number of ether oxygens (including phenoxy) is 2. The molecule has 0 N–H and O–H groups in total. The smallest absolute Gasteiger partial charge is 0.137 e. The Balaban J connectivity index is 2.28. The second-order valence-corrected chi connectivity index (χ2v) is 6.46. The SMILES string of the molecule is COC1CN(c2cc(Cl)nc(C(C)(C)C)n2)CC1OC. The Morgan fingerprint density at radius 1 is 1.15 bits per heavy atom. The predicted molar refractivity (Wildman–Crippen MR) is 79.5 cm³/mol. The van der Waals surface area contributed by atoms with E-state index in [0.717, 1.165) is 24.7 Å². The molecule has 0 bridgehead atoms. The summed E-state index contributed by atoms with van der Waals surface area (Å²) >= 11 is 6.13. The first-order chi connectivity index (χ1) is 9.35. The second-order valence-electron chi connectivity index (χ2n) is 6.08. The molecule has 0 aliphatic carbocycles. The minimum atomic E-state index is -0.138. The van der Waals surface area contributed by atoms with Gasteiger partial charge in [0.2, 0.25) is 0 Å². The molecule has 0 saturated carbocycles. The molecule has 6 heteroatoms. The van der Waals surface area contributed by atoms with E-state index in [2.05, 4.69) is 35.6 Å². The molecular weight excluding hydrogens is 278 g/mol. The first-order valence-electron chi connectivity index (χ1n) is 6.70. The highest BCUT2D eigenvalue weighted by atomic mass is 35.5. The Bertz CT molecular complexity index is 464. The van der Waals surface area contributed by atoms with Gasteiger partial charge in [-0.15, -0.1) is 0 Å². The van der Waals surface area contributed by atoms with Gasteiger partial charge in [0.05, 0.1) is 0 Å². The molecule has 1 saturated heterocycles. The van der Waals surface area contributed by atoms with Crippen LogP contribution < -0.4 is 4.90 Å². The van der Waals surface area contributed by atoms with Crippen molar-refractivity contribution >= 4 is 17.4 Å². The molecule has 1 aromatic rings. The molecule has 1 aliphatic rings. The molecule has 0 aromatic carbocycles. The maximum absolute atomic E-state index is 6.13. The van der Waals surface area contributed by atoms with E-state index >= 15 is 0 Å². The predicted octanol–water partition coefficient (Wildman–Crippen LogP) is 2.28. The topological polar surface area (TPSA) is 47.5 Å². The number of halogens is 1. The highest BCUT2D eigenvalue weighted by molar-refractivity contribution is 6.29. The second kappa shape index (κ2) is 5.84. The third kappa shape index (κ3) is 3.22. The van der Waals surface area contributed by atoms with Crippen LogP contribution in [0.15, 0.2) is 6.07 Å². The number of anilines is 1. The van der Waals surface area contributed by atoms with Gasteiger partial charge in [-0.2, -0.15) is 0 Å². The van der Waals surface area contributed by atoms with Crippen LogP contribution in [0.25, 0.3) is 0 Å². The molecule has 2 heterocycles. The molecule has 0 amide bonds. The summed E-state index contributed by atoms with van der Waals surface area (Å²) in [6.07, 6.45) is 0.0960. The third-order valence-electron chi connectivity index (χ3n) is 3.50. The maximum atomic E-state index is 6.13. The summed E-state index contributed by atoms with van der Waals surface area (Å²) in [5.41, 5.74) is -0.138. The Hall–Kier alpha value is -0.910. The highest BCUT2D eigenvalue weighted by Gasteiger charge is 2.34. The summed E-state index contributed by atoms with van der Waals surface area (Å²) in [4.78, 5) is 11.1. The van der Waals surface area contributed by atoms with Crippen LogP contribution in [0.4, 0.5) is 5.82 Å². The lowest BCUT2D eigenvalue weighted by atomic mass is 9.96. The fraction of sp³-hybridized carbons (Fsp3) is 0.714. The van der Waals surface area contributed by atoms with E-state index in [-0.39, 0.29) is 17.6 Å². The minimum Gasteiger partial charge on any atom is -0.377 e. The van der Waals surface area contributed by atoms with E-state index in [1.807, 2.05) is 0 Å². The van der Waals surface area contributed by atoms with Gasteiger partial charge in [-0.05, 0) is 0 Å². The van der Waals surface area contributed by atoms with Gasteiger partial charge in [-0.1, -0.05) is 32.4 Å². The Kier molecular flexibility index (Phi) is 4.52. The van der Waals surface area contributed by atoms with Crippen LogP contribution in [0, 0.1) is 0 Å². The maximum Gasteiger partial charge on any atom is 0.137 e. The number of hydrogen-bond donors (Lipinski definition) is 0. The van der Waals surface area contributed by atoms with Crippen molar-refractivity contribution in [2.45, 2.75) is 38.4 Å². The van der Waals surface area contributed by atoms with Gasteiger partial charge < -0.3 is 14.4 Å². The zero-order valence-corrected chi connectivity index (χ0v) is 13.4. The van der Waals surface area contributed by atoms with E-state index in [1.165, 1.54) is 0 Å². The van der Waals surface area contributed by atoms with Crippen molar-refractivity contribution in [1.29, 1.82) is 0 Å². The van der Waals surface area contributed by atoms with Crippen LogP contribution in [0.2, 0.25) is 5.15 Å². The molecule has 1 aliphatic heterocycles. The molecule has 0 radical (unpaired) electrons. The van der Waals surface area contributed by atoms with E-state index < -0.39 is 0 Å².